The Kier molecular flexibility index (Phi) is 5.29. The Morgan fingerprint density at radius 2 is 1.55 bits per heavy atom. The van der Waals surface area contributed by atoms with Crippen molar-refractivity contribution in [1.29, 1.82) is 0 Å². The molecule has 3 aromatic rings. The Bertz CT molecular complexity index is 1380. The Balaban J connectivity index is 1.23. The zero-order valence-electron chi connectivity index (χ0n) is 18.8. The van der Waals surface area contributed by atoms with Gasteiger partial charge < -0.3 is 9.88 Å². The molecule has 0 spiro atoms. The summed E-state index contributed by atoms with van der Waals surface area (Å²) in [7, 11) is -3.60. The van der Waals surface area contributed by atoms with Crippen molar-refractivity contribution in [2.24, 2.45) is 0 Å². The molecule has 2 fully saturated rings. The minimum absolute atomic E-state index is 0.122. The van der Waals surface area contributed by atoms with Crippen LogP contribution in [0.1, 0.15) is 30.4 Å². The maximum atomic E-state index is 13.7. The fraction of sp³-hybridized carbons (Fsp3) is 0.480. The number of nitrogens with zero attached hydrogens (tertiary/aromatic N) is 3. The molecular formula is C25H30N4O3S. The molecule has 33 heavy (non-hydrogen) atoms. The fourth-order valence-electron chi connectivity index (χ4n) is 5.85. The molecule has 2 aliphatic heterocycles. The highest BCUT2D eigenvalue weighted by Crippen LogP contribution is 2.39. The monoisotopic (exact) mass is 466 g/mol. The molecule has 0 atom stereocenters. The third-order valence-electron chi connectivity index (χ3n) is 7.66. The number of H-pyrrole nitrogens is 1. The van der Waals surface area contributed by atoms with E-state index < -0.39 is 10.0 Å². The van der Waals surface area contributed by atoms with Crippen LogP contribution in [0.25, 0.3) is 21.7 Å². The van der Waals surface area contributed by atoms with Crippen LogP contribution in [0.5, 0.6) is 0 Å². The lowest BCUT2D eigenvalue weighted by Gasteiger charge is -2.36. The van der Waals surface area contributed by atoms with Gasteiger partial charge in [-0.15, -0.1) is 0 Å². The fourth-order valence-corrected chi connectivity index (χ4v) is 7.49. The lowest BCUT2D eigenvalue weighted by atomic mass is 10.1. The molecule has 2 saturated heterocycles. The largest absolute Gasteiger partial charge is 0.321 e. The van der Waals surface area contributed by atoms with Gasteiger partial charge in [-0.25, -0.2) is 8.42 Å². The van der Waals surface area contributed by atoms with Crippen LogP contribution < -0.4 is 5.56 Å². The van der Waals surface area contributed by atoms with Crippen molar-refractivity contribution in [2.75, 3.05) is 52.4 Å². The van der Waals surface area contributed by atoms with Crippen LogP contribution in [-0.2, 0) is 16.4 Å². The van der Waals surface area contributed by atoms with E-state index in [0.717, 1.165) is 48.1 Å². The molecule has 0 bridgehead atoms. The summed E-state index contributed by atoms with van der Waals surface area (Å²) in [4.78, 5) is 20.7. The number of nitrogens with one attached hydrogen (secondary N) is 1. The highest BCUT2D eigenvalue weighted by molar-refractivity contribution is 7.89. The summed E-state index contributed by atoms with van der Waals surface area (Å²) in [6, 6.07) is 9.13. The first kappa shape index (κ1) is 21.3. The second-order valence-electron chi connectivity index (χ2n) is 9.58. The molecule has 0 unspecified atom stereocenters. The van der Waals surface area contributed by atoms with Crippen LogP contribution in [0.15, 0.2) is 40.0 Å². The van der Waals surface area contributed by atoms with Crippen LogP contribution in [0.4, 0.5) is 0 Å². The third-order valence-corrected chi connectivity index (χ3v) is 9.64. The van der Waals surface area contributed by atoms with E-state index in [1.807, 2.05) is 18.2 Å². The van der Waals surface area contributed by atoms with Gasteiger partial charge in [-0.3, -0.25) is 9.69 Å². The predicted octanol–water partition coefficient (Wildman–Crippen LogP) is 2.38. The number of hydrogen-bond donors (Lipinski definition) is 1. The van der Waals surface area contributed by atoms with Crippen LogP contribution >= 0.6 is 0 Å². The average Bonchev–Trinajstić information content (AvgIpc) is 3.23. The molecule has 174 valence electrons. The van der Waals surface area contributed by atoms with E-state index in [-0.39, 0.29) is 5.56 Å². The van der Waals surface area contributed by atoms with Crippen molar-refractivity contribution in [1.82, 2.24) is 19.1 Å². The van der Waals surface area contributed by atoms with Gasteiger partial charge >= 0.3 is 0 Å². The zero-order valence-corrected chi connectivity index (χ0v) is 19.7. The number of benzene rings is 2. The standard InChI is InChI=1S/C25H30N4O3S/c30-25-19-6-4-5-18-17-20-22(8-7-21(26-25)24(20)23(18)19)33(31,32)29-15-13-28(14-16-29)12-11-27-9-2-1-3-10-27/h4-8H,1-3,9-17H2,(H,26,30). The van der Waals surface area contributed by atoms with Gasteiger partial charge in [-0.1, -0.05) is 18.6 Å². The molecule has 7 nitrogen and oxygen atoms in total. The molecule has 2 aromatic carbocycles. The summed E-state index contributed by atoms with van der Waals surface area (Å²) < 4.78 is 29.0. The summed E-state index contributed by atoms with van der Waals surface area (Å²) in [5.74, 6) is 0. The minimum Gasteiger partial charge on any atom is -0.321 e. The van der Waals surface area contributed by atoms with Gasteiger partial charge in [-0.2, -0.15) is 4.31 Å². The SMILES string of the molecule is O=c1[nH]c2ccc(S(=O)(=O)N3CCN(CCN4CCCCC4)CC3)c3c2c2c(cccc12)C3. The first-order valence-electron chi connectivity index (χ1n) is 12.1. The zero-order chi connectivity index (χ0) is 22.6. The molecule has 3 heterocycles. The molecule has 0 amide bonds. The lowest BCUT2D eigenvalue weighted by molar-refractivity contribution is 0.149. The molecule has 0 saturated carbocycles. The average molecular weight is 467 g/mol. The normalized spacial score (nSPS) is 20.4. The van der Waals surface area contributed by atoms with E-state index in [0.29, 0.717) is 35.3 Å². The van der Waals surface area contributed by atoms with Gasteiger partial charge in [0.05, 0.1) is 4.90 Å². The van der Waals surface area contributed by atoms with Gasteiger partial charge in [0.25, 0.3) is 5.56 Å². The molecule has 1 N–H and O–H groups in total. The number of rotatable bonds is 5. The van der Waals surface area contributed by atoms with E-state index in [2.05, 4.69) is 14.8 Å². The van der Waals surface area contributed by atoms with Crippen LogP contribution in [0.3, 0.4) is 0 Å². The number of aromatic amines is 1. The Labute approximate surface area is 194 Å². The maximum Gasteiger partial charge on any atom is 0.256 e. The second-order valence-corrected chi connectivity index (χ2v) is 11.5. The van der Waals surface area contributed by atoms with Crippen molar-refractivity contribution in [3.8, 4) is 0 Å². The molecule has 1 aliphatic carbocycles. The highest BCUT2D eigenvalue weighted by atomic mass is 32.2. The molecule has 1 aromatic heterocycles. The number of aromatic nitrogens is 1. The Morgan fingerprint density at radius 1 is 0.818 bits per heavy atom. The van der Waals surface area contributed by atoms with E-state index in [1.54, 1.807) is 16.4 Å². The number of sulfonamides is 1. The van der Waals surface area contributed by atoms with Crippen molar-refractivity contribution >= 4 is 31.7 Å². The van der Waals surface area contributed by atoms with Gasteiger partial charge in [0, 0.05) is 67.4 Å². The summed E-state index contributed by atoms with van der Waals surface area (Å²) in [5.41, 5.74) is 2.45. The molecule has 6 rings (SSSR count). The first-order valence-corrected chi connectivity index (χ1v) is 13.5. The van der Waals surface area contributed by atoms with Crippen molar-refractivity contribution in [3.05, 3.63) is 51.8 Å². The second kappa shape index (κ2) is 8.20. The molecule has 0 radical (unpaired) electrons. The summed E-state index contributed by atoms with van der Waals surface area (Å²) in [6.45, 7) is 7.06. The van der Waals surface area contributed by atoms with Crippen molar-refractivity contribution in [3.63, 3.8) is 0 Å². The lowest BCUT2D eigenvalue weighted by Crippen LogP contribution is -2.50. The van der Waals surface area contributed by atoms with Crippen LogP contribution in [-0.4, -0.2) is 79.9 Å². The van der Waals surface area contributed by atoms with Gasteiger partial charge in [0.2, 0.25) is 10.0 Å². The number of hydrogen-bond acceptors (Lipinski definition) is 5. The molecule has 8 heteroatoms. The van der Waals surface area contributed by atoms with Gasteiger partial charge in [-0.05, 0) is 55.3 Å². The topological polar surface area (TPSA) is 76.7 Å². The quantitative estimate of drug-likeness (QED) is 0.457. The van der Waals surface area contributed by atoms with Crippen molar-refractivity contribution < 1.29 is 8.42 Å². The summed E-state index contributed by atoms with van der Waals surface area (Å²) in [6.07, 6.45) is 4.48. The molecule has 3 aliphatic rings. The number of piperazine rings is 1. The van der Waals surface area contributed by atoms with Gasteiger partial charge in [0.15, 0.2) is 0 Å². The van der Waals surface area contributed by atoms with E-state index in [1.165, 1.54) is 32.4 Å². The summed E-state index contributed by atoms with van der Waals surface area (Å²) >= 11 is 0. The first-order chi connectivity index (χ1) is 16.0. The molecular weight excluding hydrogens is 436 g/mol. The Morgan fingerprint density at radius 3 is 2.30 bits per heavy atom. The van der Waals surface area contributed by atoms with Crippen LogP contribution in [0, 0.1) is 0 Å². The number of pyridine rings is 1. The summed E-state index contributed by atoms with van der Waals surface area (Å²) in [5, 5.41) is 2.43. The maximum absolute atomic E-state index is 13.7. The van der Waals surface area contributed by atoms with Gasteiger partial charge in [0.1, 0.15) is 0 Å². The van der Waals surface area contributed by atoms with E-state index >= 15 is 0 Å². The van der Waals surface area contributed by atoms with E-state index in [9.17, 15) is 13.2 Å². The van der Waals surface area contributed by atoms with Crippen LogP contribution in [0.2, 0.25) is 0 Å². The third kappa shape index (κ3) is 3.60. The number of piperidine rings is 1. The number of likely N-dealkylation sites (tertiary alicyclic amines) is 1. The smallest absolute Gasteiger partial charge is 0.256 e. The van der Waals surface area contributed by atoms with Crippen molar-refractivity contribution in [2.45, 2.75) is 30.6 Å². The highest BCUT2D eigenvalue weighted by Gasteiger charge is 2.33. The minimum atomic E-state index is -3.60. The predicted molar refractivity (Wildman–Crippen MR) is 130 cm³/mol. The Hall–Kier alpha value is -2.26. The van der Waals surface area contributed by atoms with E-state index in [4.69, 9.17) is 0 Å².